The Morgan fingerprint density at radius 2 is 2.06 bits per heavy atom. The van der Waals surface area contributed by atoms with Crippen molar-refractivity contribution in [3.63, 3.8) is 0 Å². The number of nitrogens with zero attached hydrogens (tertiary/aromatic N) is 2. The Labute approximate surface area is 108 Å². The van der Waals surface area contributed by atoms with Crippen molar-refractivity contribution >= 4 is 16.8 Å². The molecule has 0 radical (unpaired) electrons. The maximum atomic E-state index is 5.29. The summed E-state index contributed by atoms with van der Waals surface area (Å²) in [5.41, 5.74) is 2.06. The second kappa shape index (κ2) is 5.87. The highest BCUT2D eigenvalue weighted by Crippen LogP contribution is 2.23. The molecule has 1 aromatic heterocycles. The zero-order valence-electron chi connectivity index (χ0n) is 11.4. The number of aromatic nitrogens is 1. The smallest absolute Gasteiger partial charge is 0.177 e. The molecule has 0 unspecified atom stereocenters. The van der Waals surface area contributed by atoms with Gasteiger partial charge in [-0.1, -0.05) is 30.6 Å². The number of likely N-dealkylation sites (N-methyl/N-ethyl adjacent to an activating group) is 1. The summed E-state index contributed by atoms with van der Waals surface area (Å²) in [5.74, 6) is 0.848. The molecule has 0 spiro atoms. The van der Waals surface area contributed by atoms with Crippen LogP contribution < -0.4 is 5.32 Å². The average Bonchev–Trinajstić information content (AvgIpc) is 2.77. The number of anilines is 1. The van der Waals surface area contributed by atoms with Gasteiger partial charge >= 0.3 is 0 Å². The molecule has 4 nitrogen and oxygen atoms in total. The minimum Gasteiger partial charge on any atom is -0.365 e. The first kappa shape index (κ1) is 12.9. The quantitative estimate of drug-likeness (QED) is 0.852. The third-order valence-electron chi connectivity index (χ3n) is 3.24. The maximum absolute atomic E-state index is 5.29. The Morgan fingerprint density at radius 3 is 2.78 bits per heavy atom. The van der Waals surface area contributed by atoms with Gasteiger partial charge in [-0.3, -0.25) is 0 Å². The van der Waals surface area contributed by atoms with Crippen LogP contribution >= 0.6 is 0 Å². The SMILES string of the molecule is CCN(CC)CCNc1noc2ccc(C)cc12. The van der Waals surface area contributed by atoms with Crippen molar-refractivity contribution < 1.29 is 4.52 Å². The molecule has 0 saturated carbocycles. The second-order valence-corrected chi connectivity index (χ2v) is 4.48. The molecule has 0 amide bonds. The molecule has 18 heavy (non-hydrogen) atoms. The second-order valence-electron chi connectivity index (χ2n) is 4.48. The standard InChI is InChI=1S/C14H21N3O/c1-4-17(5-2)9-8-15-14-12-10-11(3)6-7-13(12)18-16-14/h6-7,10H,4-5,8-9H2,1-3H3,(H,15,16). The van der Waals surface area contributed by atoms with E-state index in [1.54, 1.807) is 0 Å². The zero-order valence-corrected chi connectivity index (χ0v) is 11.4. The van der Waals surface area contributed by atoms with Gasteiger partial charge in [0.05, 0.1) is 5.39 Å². The monoisotopic (exact) mass is 247 g/mol. The van der Waals surface area contributed by atoms with Crippen LogP contribution in [0.2, 0.25) is 0 Å². The van der Waals surface area contributed by atoms with Crippen LogP contribution in [0.3, 0.4) is 0 Å². The Morgan fingerprint density at radius 1 is 1.28 bits per heavy atom. The van der Waals surface area contributed by atoms with Crippen molar-refractivity contribution in [3.8, 4) is 0 Å². The Balaban J connectivity index is 2.01. The van der Waals surface area contributed by atoms with Gasteiger partial charge in [0.1, 0.15) is 0 Å². The summed E-state index contributed by atoms with van der Waals surface area (Å²) in [5, 5.41) is 8.49. The largest absolute Gasteiger partial charge is 0.365 e. The molecule has 2 rings (SSSR count). The van der Waals surface area contributed by atoms with E-state index in [0.717, 1.165) is 43.0 Å². The van der Waals surface area contributed by atoms with Gasteiger partial charge in [0.2, 0.25) is 0 Å². The number of benzene rings is 1. The van der Waals surface area contributed by atoms with Crippen LogP contribution in [0.15, 0.2) is 22.7 Å². The molecule has 2 aromatic rings. The highest BCUT2D eigenvalue weighted by Gasteiger charge is 2.07. The van der Waals surface area contributed by atoms with Crippen LogP contribution in [0.5, 0.6) is 0 Å². The molecule has 1 heterocycles. The third kappa shape index (κ3) is 2.82. The molecule has 1 N–H and O–H groups in total. The molecular weight excluding hydrogens is 226 g/mol. The first-order chi connectivity index (χ1) is 8.74. The van der Waals surface area contributed by atoms with Crippen molar-refractivity contribution in [2.24, 2.45) is 0 Å². The Kier molecular flexibility index (Phi) is 4.20. The van der Waals surface area contributed by atoms with E-state index in [4.69, 9.17) is 4.52 Å². The van der Waals surface area contributed by atoms with Crippen molar-refractivity contribution in [2.45, 2.75) is 20.8 Å². The molecule has 1 aromatic carbocycles. The van der Waals surface area contributed by atoms with E-state index >= 15 is 0 Å². The van der Waals surface area contributed by atoms with Gasteiger partial charge in [0, 0.05) is 13.1 Å². The lowest BCUT2D eigenvalue weighted by Gasteiger charge is -2.17. The fourth-order valence-electron chi connectivity index (χ4n) is 2.05. The van der Waals surface area contributed by atoms with Crippen LogP contribution in [0.1, 0.15) is 19.4 Å². The summed E-state index contributed by atoms with van der Waals surface area (Å²) in [4.78, 5) is 2.38. The fraction of sp³-hybridized carbons (Fsp3) is 0.500. The minimum absolute atomic E-state index is 0.839. The van der Waals surface area contributed by atoms with Crippen LogP contribution in [0, 0.1) is 6.92 Å². The number of fused-ring (bicyclic) bond motifs is 1. The first-order valence-electron chi connectivity index (χ1n) is 6.56. The van der Waals surface area contributed by atoms with Crippen LogP contribution in [-0.4, -0.2) is 36.2 Å². The number of rotatable bonds is 6. The van der Waals surface area contributed by atoms with E-state index in [9.17, 15) is 0 Å². The van der Waals surface area contributed by atoms with E-state index in [1.807, 2.05) is 12.1 Å². The van der Waals surface area contributed by atoms with Crippen LogP contribution in [0.25, 0.3) is 11.0 Å². The van der Waals surface area contributed by atoms with Crippen molar-refractivity contribution in [1.29, 1.82) is 0 Å². The summed E-state index contributed by atoms with van der Waals surface area (Å²) in [7, 11) is 0. The van der Waals surface area contributed by atoms with Gasteiger partial charge < -0.3 is 14.7 Å². The minimum atomic E-state index is 0.839. The highest BCUT2D eigenvalue weighted by atomic mass is 16.5. The molecule has 4 heteroatoms. The lowest BCUT2D eigenvalue weighted by molar-refractivity contribution is 0.315. The van der Waals surface area contributed by atoms with Crippen molar-refractivity contribution in [3.05, 3.63) is 23.8 Å². The van der Waals surface area contributed by atoms with Crippen molar-refractivity contribution in [2.75, 3.05) is 31.5 Å². The molecule has 0 saturated heterocycles. The topological polar surface area (TPSA) is 41.3 Å². The van der Waals surface area contributed by atoms with Gasteiger partial charge in [-0.25, -0.2) is 0 Å². The highest BCUT2D eigenvalue weighted by molar-refractivity contribution is 5.88. The predicted octanol–water partition coefficient (Wildman–Crippen LogP) is 2.89. The average molecular weight is 247 g/mol. The van der Waals surface area contributed by atoms with Crippen LogP contribution in [-0.2, 0) is 0 Å². The van der Waals surface area contributed by atoms with Crippen LogP contribution in [0.4, 0.5) is 5.82 Å². The van der Waals surface area contributed by atoms with Gasteiger partial charge in [-0.05, 0) is 32.1 Å². The van der Waals surface area contributed by atoms with E-state index in [-0.39, 0.29) is 0 Å². The Bertz CT molecular complexity index is 503. The summed E-state index contributed by atoms with van der Waals surface area (Å²) in [6.45, 7) is 10.5. The summed E-state index contributed by atoms with van der Waals surface area (Å²) < 4.78 is 5.29. The normalized spacial score (nSPS) is 11.3. The molecule has 0 atom stereocenters. The molecule has 0 aliphatic rings. The van der Waals surface area contributed by atoms with E-state index < -0.39 is 0 Å². The lowest BCUT2D eigenvalue weighted by Crippen LogP contribution is -2.28. The van der Waals surface area contributed by atoms with E-state index in [0.29, 0.717) is 0 Å². The van der Waals surface area contributed by atoms with E-state index in [2.05, 4.69) is 42.2 Å². The summed E-state index contributed by atoms with van der Waals surface area (Å²) >= 11 is 0. The number of hydrogen-bond donors (Lipinski definition) is 1. The lowest BCUT2D eigenvalue weighted by atomic mass is 10.2. The summed E-state index contributed by atoms with van der Waals surface area (Å²) in [6, 6.07) is 6.10. The number of nitrogens with one attached hydrogen (secondary N) is 1. The van der Waals surface area contributed by atoms with Crippen molar-refractivity contribution in [1.82, 2.24) is 10.1 Å². The molecule has 0 aliphatic heterocycles. The van der Waals surface area contributed by atoms with Gasteiger partial charge in [-0.2, -0.15) is 0 Å². The molecule has 0 fully saturated rings. The predicted molar refractivity (Wildman–Crippen MR) is 75.0 cm³/mol. The fourth-order valence-corrected chi connectivity index (χ4v) is 2.05. The third-order valence-corrected chi connectivity index (χ3v) is 3.24. The molecular formula is C14H21N3O. The first-order valence-corrected chi connectivity index (χ1v) is 6.56. The molecule has 0 aliphatic carbocycles. The zero-order chi connectivity index (χ0) is 13.0. The Hall–Kier alpha value is -1.55. The molecule has 0 bridgehead atoms. The van der Waals surface area contributed by atoms with Gasteiger partial charge in [-0.15, -0.1) is 0 Å². The maximum Gasteiger partial charge on any atom is 0.177 e. The van der Waals surface area contributed by atoms with Gasteiger partial charge in [0.15, 0.2) is 11.4 Å². The number of hydrogen-bond acceptors (Lipinski definition) is 4. The summed E-state index contributed by atoms with van der Waals surface area (Å²) in [6.07, 6.45) is 0. The molecule has 98 valence electrons. The van der Waals surface area contributed by atoms with E-state index in [1.165, 1.54) is 5.56 Å². The number of aryl methyl sites for hydroxylation is 1. The van der Waals surface area contributed by atoms with Gasteiger partial charge in [0.25, 0.3) is 0 Å².